The second-order valence-electron chi connectivity index (χ2n) is 5.58. The lowest BCUT2D eigenvalue weighted by molar-refractivity contribution is -0.122. The third-order valence-electron chi connectivity index (χ3n) is 4.01. The second-order valence-corrected chi connectivity index (χ2v) is 6.46. The van der Waals surface area contributed by atoms with E-state index in [-0.39, 0.29) is 16.5 Å². The number of amides is 1. The molecule has 6 nitrogen and oxygen atoms in total. The van der Waals surface area contributed by atoms with Gasteiger partial charge in [-0.05, 0) is 17.7 Å². The first kappa shape index (κ1) is 15.5. The minimum atomic E-state index is -1.11. The number of nitrogens with one attached hydrogen (secondary N) is 1. The molecule has 2 aromatic heterocycles. The number of hydrogen-bond donors (Lipinski definition) is 2. The number of rotatable bonds is 4. The number of thiophene rings is 1. The molecule has 1 amide bonds. The van der Waals surface area contributed by atoms with E-state index in [2.05, 4.69) is 5.32 Å². The minimum Gasteiger partial charge on any atom is -0.480 e. The first-order valence-corrected chi connectivity index (χ1v) is 8.44. The van der Waals surface area contributed by atoms with Crippen LogP contribution < -0.4 is 10.1 Å². The van der Waals surface area contributed by atoms with Crippen LogP contribution in [0.15, 0.2) is 52.7 Å². The molecule has 0 radical (unpaired) electrons. The molecule has 0 saturated carbocycles. The Kier molecular flexibility index (Phi) is 3.77. The molecule has 0 bridgehead atoms. The third kappa shape index (κ3) is 2.78. The van der Waals surface area contributed by atoms with Gasteiger partial charge in [0.2, 0.25) is 0 Å². The van der Waals surface area contributed by atoms with E-state index in [0.29, 0.717) is 23.3 Å². The Bertz CT molecular complexity index is 919. The molecule has 25 heavy (non-hydrogen) atoms. The Hall–Kier alpha value is -3.06. The summed E-state index contributed by atoms with van der Waals surface area (Å²) in [5.74, 6) is -0.783. The quantitative estimate of drug-likeness (QED) is 0.746. The second kappa shape index (κ2) is 6.10. The molecule has 0 saturated heterocycles. The van der Waals surface area contributed by atoms with Crippen molar-refractivity contribution in [1.82, 2.24) is 0 Å². The van der Waals surface area contributed by atoms with Crippen LogP contribution in [0.1, 0.15) is 15.9 Å². The van der Waals surface area contributed by atoms with Gasteiger partial charge in [0.25, 0.3) is 5.91 Å². The summed E-state index contributed by atoms with van der Waals surface area (Å²) in [5, 5.41) is 14.2. The van der Waals surface area contributed by atoms with Gasteiger partial charge >= 0.3 is 5.97 Å². The van der Waals surface area contributed by atoms with Gasteiger partial charge in [-0.3, -0.25) is 4.79 Å². The number of carbonyl (C=O) groups excluding carboxylic acids is 1. The number of fused-ring (bicyclic) bond motifs is 1. The molecule has 2 N–H and O–H groups in total. The number of benzene rings is 1. The lowest BCUT2D eigenvalue weighted by Crippen LogP contribution is -2.31. The van der Waals surface area contributed by atoms with Crippen molar-refractivity contribution < 1.29 is 23.8 Å². The Morgan fingerprint density at radius 1 is 1.24 bits per heavy atom. The number of carboxylic acids is 1. The number of ether oxygens (including phenoxy) is 1. The predicted octanol–water partition coefficient (Wildman–Crippen LogP) is 3.65. The number of anilines is 1. The third-order valence-corrected chi connectivity index (χ3v) is 4.91. The van der Waals surface area contributed by atoms with Crippen LogP contribution in [-0.2, 0) is 11.2 Å². The zero-order valence-electron chi connectivity index (χ0n) is 12.9. The topological polar surface area (TPSA) is 88.8 Å². The first-order chi connectivity index (χ1) is 12.1. The standard InChI is InChI=1S/C18H13NO5S/c20-16(14-7-10-3-1-2-4-13(10)24-14)19-17-15(18(21)22)12(9-25-17)11-5-6-23-8-11/h1-6,8-9,14H,7H2,(H,19,20)(H,21,22). The molecule has 1 unspecified atom stereocenters. The summed E-state index contributed by atoms with van der Waals surface area (Å²) in [6, 6.07) is 9.14. The Morgan fingerprint density at radius 3 is 2.80 bits per heavy atom. The summed E-state index contributed by atoms with van der Waals surface area (Å²) in [7, 11) is 0. The molecule has 0 fully saturated rings. The smallest absolute Gasteiger partial charge is 0.339 e. The predicted molar refractivity (Wildman–Crippen MR) is 92.2 cm³/mol. The van der Waals surface area contributed by atoms with E-state index in [1.54, 1.807) is 11.4 Å². The highest BCUT2D eigenvalue weighted by molar-refractivity contribution is 7.15. The van der Waals surface area contributed by atoms with Crippen LogP contribution in [0.3, 0.4) is 0 Å². The van der Waals surface area contributed by atoms with Crippen LogP contribution in [0.2, 0.25) is 0 Å². The maximum Gasteiger partial charge on any atom is 0.339 e. The van der Waals surface area contributed by atoms with Crippen molar-refractivity contribution in [2.45, 2.75) is 12.5 Å². The van der Waals surface area contributed by atoms with Crippen molar-refractivity contribution in [3.63, 3.8) is 0 Å². The maximum absolute atomic E-state index is 12.5. The fraction of sp³-hybridized carbons (Fsp3) is 0.111. The minimum absolute atomic E-state index is 0.0512. The monoisotopic (exact) mass is 355 g/mol. The summed E-state index contributed by atoms with van der Waals surface area (Å²) in [5.41, 5.74) is 2.18. The van der Waals surface area contributed by atoms with E-state index in [1.807, 2.05) is 24.3 Å². The summed E-state index contributed by atoms with van der Waals surface area (Å²) in [6.45, 7) is 0. The maximum atomic E-state index is 12.5. The lowest BCUT2D eigenvalue weighted by Gasteiger charge is -2.11. The number of hydrogen-bond acceptors (Lipinski definition) is 5. The molecule has 1 atom stereocenters. The molecule has 1 aliphatic rings. The van der Waals surface area contributed by atoms with Crippen molar-refractivity contribution in [3.05, 3.63) is 59.4 Å². The fourth-order valence-corrected chi connectivity index (χ4v) is 3.78. The highest BCUT2D eigenvalue weighted by Gasteiger charge is 2.30. The number of aromatic carboxylic acids is 1. The van der Waals surface area contributed by atoms with Gasteiger partial charge in [-0.25, -0.2) is 4.79 Å². The van der Waals surface area contributed by atoms with Crippen molar-refractivity contribution in [2.75, 3.05) is 5.32 Å². The highest BCUT2D eigenvalue weighted by atomic mass is 32.1. The van der Waals surface area contributed by atoms with Gasteiger partial charge in [-0.1, -0.05) is 18.2 Å². The van der Waals surface area contributed by atoms with E-state index in [9.17, 15) is 14.7 Å². The lowest BCUT2D eigenvalue weighted by atomic mass is 10.1. The van der Waals surface area contributed by atoms with Crippen molar-refractivity contribution >= 4 is 28.2 Å². The summed E-state index contributed by atoms with van der Waals surface area (Å²) >= 11 is 1.16. The summed E-state index contributed by atoms with van der Waals surface area (Å²) < 4.78 is 10.7. The van der Waals surface area contributed by atoms with E-state index in [4.69, 9.17) is 9.15 Å². The normalized spacial score (nSPS) is 15.4. The zero-order valence-corrected chi connectivity index (χ0v) is 13.7. The SMILES string of the molecule is O=C(O)c1c(-c2ccoc2)csc1NC(=O)C1Cc2ccccc2O1. The van der Waals surface area contributed by atoms with Gasteiger partial charge in [-0.2, -0.15) is 0 Å². The number of furan rings is 1. The number of carboxylic acid groups (broad SMARTS) is 1. The molecule has 3 heterocycles. The van der Waals surface area contributed by atoms with Gasteiger partial charge in [0, 0.05) is 22.9 Å². The largest absolute Gasteiger partial charge is 0.480 e. The Labute approximate surface area is 146 Å². The van der Waals surface area contributed by atoms with E-state index in [0.717, 1.165) is 16.9 Å². The Balaban J connectivity index is 1.57. The van der Waals surface area contributed by atoms with Gasteiger partial charge in [0.1, 0.15) is 16.3 Å². The fourth-order valence-electron chi connectivity index (χ4n) is 2.81. The van der Waals surface area contributed by atoms with Crippen LogP contribution in [-0.4, -0.2) is 23.1 Å². The first-order valence-electron chi connectivity index (χ1n) is 7.56. The van der Waals surface area contributed by atoms with Crippen LogP contribution >= 0.6 is 11.3 Å². The average molecular weight is 355 g/mol. The summed E-state index contributed by atoms with van der Waals surface area (Å²) in [6.07, 6.45) is 2.74. The molecular formula is C18H13NO5S. The number of para-hydroxylation sites is 1. The van der Waals surface area contributed by atoms with Crippen LogP contribution in [0.4, 0.5) is 5.00 Å². The van der Waals surface area contributed by atoms with Gasteiger partial charge in [0.05, 0.1) is 12.5 Å². The molecule has 4 rings (SSSR count). The molecule has 1 aliphatic heterocycles. The zero-order chi connectivity index (χ0) is 17.4. The molecule has 0 spiro atoms. The van der Waals surface area contributed by atoms with Crippen LogP contribution in [0.25, 0.3) is 11.1 Å². The van der Waals surface area contributed by atoms with Gasteiger partial charge < -0.3 is 19.6 Å². The Morgan fingerprint density at radius 2 is 2.08 bits per heavy atom. The van der Waals surface area contributed by atoms with Crippen LogP contribution in [0, 0.1) is 0 Å². The van der Waals surface area contributed by atoms with Crippen LogP contribution in [0.5, 0.6) is 5.75 Å². The average Bonchev–Trinajstić information content (AvgIpc) is 3.32. The van der Waals surface area contributed by atoms with Crippen molar-refractivity contribution in [1.29, 1.82) is 0 Å². The van der Waals surface area contributed by atoms with E-state index < -0.39 is 12.1 Å². The number of carbonyl (C=O) groups is 2. The molecular weight excluding hydrogens is 342 g/mol. The van der Waals surface area contributed by atoms with Gasteiger partial charge in [0.15, 0.2) is 6.10 Å². The van der Waals surface area contributed by atoms with Crippen molar-refractivity contribution in [2.24, 2.45) is 0 Å². The highest BCUT2D eigenvalue weighted by Crippen LogP contribution is 2.36. The van der Waals surface area contributed by atoms with Gasteiger partial charge in [-0.15, -0.1) is 11.3 Å². The van der Waals surface area contributed by atoms with Crippen molar-refractivity contribution in [3.8, 4) is 16.9 Å². The van der Waals surface area contributed by atoms with E-state index in [1.165, 1.54) is 12.5 Å². The van der Waals surface area contributed by atoms with E-state index >= 15 is 0 Å². The molecule has 126 valence electrons. The molecule has 7 heteroatoms. The summed E-state index contributed by atoms with van der Waals surface area (Å²) in [4.78, 5) is 24.2. The molecule has 1 aromatic carbocycles. The molecule has 3 aromatic rings. The molecule has 0 aliphatic carbocycles.